The lowest BCUT2D eigenvalue weighted by molar-refractivity contribution is -0.113. The van der Waals surface area contributed by atoms with Gasteiger partial charge in [-0.3, -0.25) is 4.79 Å². The second-order valence-electron chi connectivity index (χ2n) is 5.79. The smallest absolute Gasteiger partial charge is 0.284 e. The number of rotatable bonds is 5. The highest BCUT2D eigenvalue weighted by Gasteiger charge is 2.27. The lowest BCUT2D eigenvalue weighted by Gasteiger charge is -2.11. The molecular formula is C19H16N6O. The number of anilines is 3. The SMILES string of the molecule is NC1=NC(=O)C2=C(CNc3ccc(Nc4ccccc4)cc3)C=NC2=N1. The Morgan fingerprint density at radius 1 is 0.885 bits per heavy atom. The molecule has 7 nitrogen and oxygen atoms in total. The van der Waals surface area contributed by atoms with Crippen molar-refractivity contribution in [3.05, 3.63) is 65.7 Å². The summed E-state index contributed by atoms with van der Waals surface area (Å²) in [6, 6.07) is 17.9. The van der Waals surface area contributed by atoms with Crippen molar-refractivity contribution >= 4 is 41.0 Å². The first-order chi connectivity index (χ1) is 12.7. The summed E-state index contributed by atoms with van der Waals surface area (Å²) in [5.74, 6) is -0.118. The molecule has 0 atom stereocenters. The molecule has 0 aliphatic carbocycles. The predicted octanol–water partition coefficient (Wildman–Crippen LogP) is 2.48. The van der Waals surface area contributed by atoms with E-state index in [1.54, 1.807) is 6.21 Å². The number of aliphatic imine (C=N–C) groups is 3. The number of benzene rings is 2. The number of para-hydroxylation sites is 1. The van der Waals surface area contributed by atoms with Gasteiger partial charge in [-0.2, -0.15) is 9.98 Å². The molecule has 0 saturated heterocycles. The number of guanidine groups is 1. The quantitative estimate of drug-likeness (QED) is 0.775. The molecule has 2 aromatic carbocycles. The Morgan fingerprint density at radius 2 is 1.58 bits per heavy atom. The molecule has 128 valence electrons. The number of nitrogens with zero attached hydrogens (tertiary/aromatic N) is 3. The summed E-state index contributed by atoms with van der Waals surface area (Å²) in [6.45, 7) is 0.449. The first kappa shape index (κ1) is 15.8. The molecule has 0 bridgehead atoms. The van der Waals surface area contributed by atoms with E-state index in [4.69, 9.17) is 5.73 Å². The maximum absolute atomic E-state index is 12.0. The third-order valence-electron chi connectivity index (χ3n) is 3.97. The van der Waals surface area contributed by atoms with Crippen molar-refractivity contribution in [3.8, 4) is 0 Å². The van der Waals surface area contributed by atoms with Crippen molar-refractivity contribution in [3.63, 3.8) is 0 Å². The molecule has 2 aliphatic rings. The molecule has 0 radical (unpaired) electrons. The van der Waals surface area contributed by atoms with Gasteiger partial charge in [0.15, 0.2) is 5.84 Å². The van der Waals surface area contributed by atoms with Gasteiger partial charge in [-0.05, 0) is 36.4 Å². The monoisotopic (exact) mass is 344 g/mol. The van der Waals surface area contributed by atoms with Crippen LogP contribution in [-0.2, 0) is 4.79 Å². The summed E-state index contributed by atoms with van der Waals surface area (Å²) < 4.78 is 0. The third kappa shape index (κ3) is 3.23. The van der Waals surface area contributed by atoms with Gasteiger partial charge in [0.2, 0.25) is 5.96 Å². The molecule has 2 aliphatic heterocycles. The van der Waals surface area contributed by atoms with E-state index in [9.17, 15) is 4.79 Å². The number of hydrogen-bond acceptors (Lipinski definition) is 6. The fraction of sp³-hybridized carbons (Fsp3) is 0.0526. The normalized spacial score (nSPS) is 15.5. The summed E-state index contributed by atoms with van der Waals surface area (Å²) >= 11 is 0. The zero-order valence-electron chi connectivity index (χ0n) is 13.8. The van der Waals surface area contributed by atoms with Gasteiger partial charge >= 0.3 is 0 Å². The van der Waals surface area contributed by atoms with Crippen LogP contribution in [0.4, 0.5) is 17.1 Å². The molecule has 26 heavy (non-hydrogen) atoms. The van der Waals surface area contributed by atoms with Crippen LogP contribution in [0, 0.1) is 0 Å². The highest BCUT2D eigenvalue weighted by Crippen LogP contribution is 2.21. The van der Waals surface area contributed by atoms with Crippen LogP contribution >= 0.6 is 0 Å². The minimum Gasteiger partial charge on any atom is -0.381 e. The van der Waals surface area contributed by atoms with E-state index in [2.05, 4.69) is 25.6 Å². The number of amidine groups is 1. The molecule has 0 fully saturated rings. The number of carbonyl (C=O) groups excluding carboxylic acids is 1. The van der Waals surface area contributed by atoms with Gasteiger partial charge in [-0.25, -0.2) is 4.99 Å². The zero-order chi connectivity index (χ0) is 17.9. The van der Waals surface area contributed by atoms with Gasteiger partial charge in [0.1, 0.15) is 0 Å². The molecule has 4 rings (SSSR count). The Kier molecular flexibility index (Phi) is 4.03. The molecular weight excluding hydrogens is 328 g/mol. The molecule has 0 unspecified atom stereocenters. The summed E-state index contributed by atoms with van der Waals surface area (Å²) in [5, 5.41) is 6.61. The molecule has 2 heterocycles. The summed E-state index contributed by atoms with van der Waals surface area (Å²) in [4.78, 5) is 23.8. The first-order valence-electron chi connectivity index (χ1n) is 8.10. The van der Waals surface area contributed by atoms with Crippen molar-refractivity contribution < 1.29 is 4.79 Å². The van der Waals surface area contributed by atoms with E-state index in [0.29, 0.717) is 18.0 Å². The van der Waals surface area contributed by atoms with Crippen LogP contribution < -0.4 is 16.4 Å². The maximum Gasteiger partial charge on any atom is 0.284 e. The zero-order valence-corrected chi connectivity index (χ0v) is 13.8. The Morgan fingerprint density at radius 3 is 2.35 bits per heavy atom. The minimum atomic E-state index is -0.399. The second kappa shape index (κ2) is 6.64. The number of nitrogens with two attached hydrogens (primary N) is 1. The van der Waals surface area contributed by atoms with Crippen molar-refractivity contribution in [1.29, 1.82) is 0 Å². The van der Waals surface area contributed by atoms with Crippen LogP contribution in [0.2, 0.25) is 0 Å². The van der Waals surface area contributed by atoms with Crippen molar-refractivity contribution in [2.24, 2.45) is 20.7 Å². The van der Waals surface area contributed by atoms with Gasteiger partial charge in [-0.15, -0.1) is 0 Å². The fourth-order valence-corrected chi connectivity index (χ4v) is 2.71. The lowest BCUT2D eigenvalue weighted by atomic mass is 10.1. The second-order valence-corrected chi connectivity index (χ2v) is 5.79. The van der Waals surface area contributed by atoms with E-state index >= 15 is 0 Å². The standard InChI is InChI=1S/C19H16N6O/c20-19-24-17-16(18(26)25-19)12(11-22-17)10-21-13-6-8-15(9-7-13)23-14-4-2-1-3-5-14/h1-9,11,21,23H,10H2,(H2,20,25,26). The van der Waals surface area contributed by atoms with Crippen molar-refractivity contribution in [2.75, 3.05) is 17.2 Å². The van der Waals surface area contributed by atoms with E-state index in [-0.39, 0.29) is 5.96 Å². The lowest BCUT2D eigenvalue weighted by Crippen LogP contribution is -2.23. The Bertz CT molecular complexity index is 971. The van der Waals surface area contributed by atoms with Crippen LogP contribution in [-0.4, -0.2) is 30.5 Å². The average molecular weight is 344 g/mol. The van der Waals surface area contributed by atoms with E-state index < -0.39 is 5.91 Å². The average Bonchev–Trinajstić information content (AvgIpc) is 3.05. The Hall–Kier alpha value is -3.74. The highest BCUT2D eigenvalue weighted by atomic mass is 16.1. The van der Waals surface area contributed by atoms with E-state index in [1.165, 1.54) is 0 Å². The van der Waals surface area contributed by atoms with Crippen LogP contribution in [0.3, 0.4) is 0 Å². The van der Waals surface area contributed by atoms with E-state index in [1.807, 2.05) is 54.6 Å². The van der Waals surface area contributed by atoms with Crippen LogP contribution in [0.5, 0.6) is 0 Å². The summed E-state index contributed by atoms with van der Waals surface area (Å²) in [7, 11) is 0. The molecule has 1 amide bonds. The Labute approximate surface area is 150 Å². The molecule has 0 aromatic heterocycles. The topological polar surface area (TPSA) is 104 Å². The van der Waals surface area contributed by atoms with Gasteiger partial charge in [0.05, 0.1) is 5.57 Å². The van der Waals surface area contributed by atoms with Gasteiger partial charge in [-0.1, -0.05) is 18.2 Å². The molecule has 7 heteroatoms. The summed E-state index contributed by atoms with van der Waals surface area (Å²) in [6.07, 6.45) is 1.62. The highest BCUT2D eigenvalue weighted by molar-refractivity contribution is 6.34. The van der Waals surface area contributed by atoms with Crippen LogP contribution in [0.1, 0.15) is 0 Å². The minimum absolute atomic E-state index is 0.0541. The van der Waals surface area contributed by atoms with Crippen LogP contribution in [0.25, 0.3) is 0 Å². The largest absolute Gasteiger partial charge is 0.381 e. The van der Waals surface area contributed by atoms with Gasteiger partial charge in [0.25, 0.3) is 5.91 Å². The molecule has 0 spiro atoms. The molecule has 2 aromatic rings. The van der Waals surface area contributed by atoms with E-state index in [0.717, 1.165) is 22.6 Å². The number of fused-ring (bicyclic) bond motifs is 1. The van der Waals surface area contributed by atoms with Crippen molar-refractivity contribution in [2.45, 2.75) is 0 Å². The first-order valence-corrected chi connectivity index (χ1v) is 8.10. The number of hydrogen-bond donors (Lipinski definition) is 3. The fourth-order valence-electron chi connectivity index (χ4n) is 2.71. The third-order valence-corrected chi connectivity index (χ3v) is 3.97. The number of carbonyl (C=O) groups is 1. The number of amides is 1. The predicted molar refractivity (Wildman–Crippen MR) is 104 cm³/mol. The Balaban J connectivity index is 1.42. The van der Waals surface area contributed by atoms with Crippen molar-refractivity contribution in [1.82, 2.24) is 0 Å². The molecule has 4 N–H and O–H groups in total. The molecule has 0 saturated carbocycles. The number of nitrogens with one attached hydrogen (secondary N) is 2. The van der Waals surface area contributed by atoms with Gasteiger partial charge < -0.3 is 16.4 Å². The van der Waals surface area contributed by atoms with Gasteiger partial charge in [0, 0.05) is 35.4 Å². The summed E-state index contributed by atoms with van der Waals surface area (Å²) in [5.41, 5.74) is 9.60. The van der Waals surface area contributed by atoms with Crippen LogP contribution in [0.15, 0.2) is 80.7 Å². The maximum atomic E-state index is 12.0.